The van der Waals surface area contributed by atoms with Crippen LogP contribution in [0.4, 0.5) is 0 Å². The van der Waals surface area contributed by atoms with Gasteiger partial charge in [0, 0.05) is 6.42 Å². The summed E-state index contributed by atoms with van der Waals surface area (Å²) in [5.41, 5.74) is 0. The van der Waals surface area contributed by atoms with Crippen LogP contribution in [0.2, 0.25) is 0 Å². The lowest BCUT2D eigenvalue weighted by Gasteiger charge is -2.30. The Morgan fingerprint density at radius 3 is 0.937 bits per heavy atom. The van der Waals surface area contributed by atoms with Crippen LogP contribution in [-0.4, -0.2) is 68.5 Å². The molecule has 0 saturated carbocycles. The van der Waals surface area contributed by atoms with Crippen molar-refractivity contribution >= 4 is 13.7 Å². The molecule has 0 heterocycles. The molecule has 0 saturated heterocycles. The Kier molecular flexibility index (Phi) is 73.6. The molecule has 0 aliphatic heterocycles. The van der Waals surface area contributed by atoms with E-state index in [2.05, 4.69) is 116 Å². The molecule has 1 amide bonds. The average molecular weight is 1350 g/mol. The summed E-state index contributed by atoms with van der Waals surface area (Å²) in [6.07, 6.45) is 110. The molecular formula is C86H159N2O6P. The maximum atomic E-state index is 13.1. The lowest BCUT2D eigenvalue weighted by Crippen LogP contribution is -2.46. The van der Waals surface area contributed by atoms with Gasteiger partial charge in [0.2, 0.25) is 5.91 Å². The minimum atomic E-state index is -4.59. The second-order valence-electron chi connectivity index (χ2n) is 29.1. The van der Waals surface area contributed by atoms with Crippen molar-refractivity contribution in [1.82, 2.24) is 5.32 Å². The number of nitrogens with one attached hydrogen (secondary N) is 1. The number of nitrogens with zero attached hydrogens (tertiary/aromatic N) is 1. The Morgan fingerprint density at radius 2 is 0.642 bits per heavy atom. The second kappa shape index (κ2) is 75.6. The van der Waals surface area contributed by atoms with E-state index in [1.807, 2.05) is 21.1 Å². The summed E-state index contributed by atoms with van der Waals surface area (Å²) < 4.78 is 23.6. The van der Waals surface area contributed by atoms with Gasteiger partial charge in [0.05, 0.1) is 39.9 Å². The number of aliphatic hydroxyl groups excluding tert-OH is 1. The van der Waals surface area contributed by atoms with Gasteiger partial charge in [-0.1, -0.05) is 406 Å². The van der Waals surface area contributed by atoms with Gasteiger partial charge in [0.1, 0.15) is 13.2 Å². The number of unbranched alkanes of at least 4 members (excludes halogenated alkanes) is 47. The minimum Gasteiger partial charge on any atom is -0.756 e. The quantitative estimate of drug-likeness (QED) is 0.0272. The van der Waals surface area contributed by atoms with E-state index in [1.54, 1.807) is 0 Å². The van der Waals surface area contributed by atoms with E-state index in [0.717, 1.165) is 89.9 Å². The molecule has 0 aromatic rings. The zero-order valence-electron chi connectivity index (χ0n) is 63.6. The summed E-state index contributed by atoms with van der Waals surface area (Å²) in [5.74, 6) is -0.161. The SMILES string of the molecule is CC/C=C\C/C=C\C/C=C\C/C=C\C/C=C\C/C=C\C/C=C\C/C=C\CCCCCCCCCCCCCCCCCCC(=O)NC(COP(=O)([O-])OCC[N+](C)(C)C)C(O)CCCCCCCCCCCCCCCCCCCCCCCCCCCCCCCCCC. The number of aliphatic hydroxyl groups is 1. The maximum Gasteiger partial charge on any atom is 0.268 e. The van der Waals surface area contributed by atoms with Crippen LogP contribution in [0.25, 0.3) is 0 Å². The van der Waals surface area contributed by atoms with Crippen LogP contribution in [0.15, 0.2) is 97.2 Å². The van der Waals surface area contributed by atoms with Crippen molar-refractivity contribution in [2.75, 3.05) is 40.9 Å². The van der Waals surface area contributed by atoms with Crippen LogP contribution in [-0.2, 0) is 18.4 Å². The molecule has 0 radical (unpaired) electrons. The highest BCUT2D eigenvalue weighted by molar-refractivity contribution is 7.45. The molecule has 0 aliphatic rings. The first-order valence-electron chi connectivity index (χ1n) is 41.1. The molecule has 0 aromatic carbocycles. The highest BCUT2D eigenvalue weighted by Gasteiger charge is 2.24. The van der Waals surface area contributed by atoms with Crippen molar-refractivity contribution in [3.8, 4) is 0 Å². The molecule has 9 heteroatoms. The Balaban J connectivity index is 3.95. The summed E-state index contributed by atoms with van der Waals surface area (Å²) in [6.45, 7) is 4.66. The molecule has 0 aromatic heterocycles. The lowest BCUT2D eigenvalue weighted by atomic mass is 10.0. The number of phosphoric acid groups is 1. The molecule has 2 N–H and O–H groups in total. The van der Waals surface area contributed by atoms with Crippen molar-refractivity contribution in [3.63, 3.8) is 0 Å². The minimum absolute atomic E-state index is 0.0111. The van der Waals surface area contributed by atoms with E-state index in [-0.39, 0.29) is 19.1 Å². The zero-order valence-corrected chi connectivity index (χ0v) is 64.5. The fourth-order valence-electron chi connectivity index (χ4n) is 12.3. The van der Waals surface area contributed by atoms with Gasteiger partial charge in [-0.2, -0.15) is 0 Å². The third-order valence-corrected chi connectivity index (χ3v) is 19.6. The van der Waals surface area contributed by atoms with Gasteiger partial charge in [0.15, 0.2) is 0 Å². The Bertz CT molecular complexity index is 1880. The molecule has 95 heavy (non-hydrogen) atoms. The van der Waals surface area contributed by atoms with E-state index < -0.39 is 20.0 Å². The average Bonchev–Trinajstić information content (AvgIpc) is 2.01. The fourth-order valence-corrected chi connectivity index (χ4v) is 13.0. The normalized spacial score (nSPS) is 14.0. The third-order valence-electron chi connectivity index (χ3n) is 18.6. The Morgan fingerprint density at radius 1 is 0.379 bits per heavy atom. The highest BCUT2D eigenvalue weighted by Crippen LogP contribution is 2.38. The first-order chi connectivity index (χ1) is 46.5. The van der Waals surface area contributed by atoms with Crippen molar-refractivity contribution in [3.05, 3.63) is 97.2 Å². The first-order valence-corrected chi connectivity index (χ1v) is 42.5. The summed E-state index contributed by atoms with van der Waals surface area (Å²) >= 11 is 0. The molecule has 0 rings (SSSR count). The predicted octanol–water partition coefficient (Wildman–Crippen LogP) is 26.5. The van der Waals surface area contributed by atoms with Gasteiger partial charge in [-0.15, -0.1) is 0 Å². The number of hydrogen-bond acceptors (Lipinski definition) is 6. The number of allylic oxidation sites excluding steroid dienone is 16. The molecular weight excluding hydrogens is 1190 g/mol. The molecule has 0 fully saturated rings. The van der Waals surface area contributed by atoms with Gasteiger partial charge < -0.3 is 28.8 Å². The molecule has 0 aliphatic carbocycles. The van der Waals surface area contributed by atoms with Crippen LogP contribution < -0.4 is 10.2 Å². The van der Waals surface area contributed by atoms with Gasteiger partial charge in [-0.3, -0.25) is 9.36 Å². The van der Waals surface area contributed by atoms with Gasteiger partial charge >= 0.3 is 0 Å². The van der Waals surface area contributed by atoms with E-state index in [0.29, 0.717) is 23.9 Å². The summed E-state index contributed by atoms with van der Waals surface area (Å²) in [6, 6.07) is -0.807. The van der Waals surface area contributed by atoms with E-state index in [4.69, 9.17) is 9.05 Å². The Labute approximate surface area is 591 Å². The highest BCUT2D eigenvalue weighted by atomic mass is 31.2. The van der Waals surface area contributed by atoms with Crippen molar-refractivity contribution < 1.29 is 32.9 Å². The maximum absolute atomic E-state index is 13.1. The van der Waals surface area contributed by atoms with E-state index in [9.17, 15) is 19.4 Å². The predicted molar refractivity (Wildman–Crippen MR) is 417 cm³/mol. The van der Waals surface area contributed by atoms with Crippen molar-refractivity contribution in [2.45, 2.75) is 405 Å². The van der Waals surface area contributed by atoms with Crippen LogP contribution in [0.5, 0.6) is 0 Å². The summed E-state index contributed by atoms with van der Waals surface area (Å²) in [4.78, 5) is 25.8. The number of quaternary nitrogens is 1. The van der Waals surface area contributed by atoms with Crippen LogP contribution in [0.3, 0.4) is 0 Å². The van der Waals surface area contributed by atoms with Gasteiger partial charge in [0.25, 0.3) is 7.82 Å². The number of likely N-dealkylation sites (N-methyl/N-ethyl adjacent to an activating group) is 1. The van der Waals surface area contributed by atoms with Crippen LogP contribution >= 0.6 is 7.82 Å². The lowest BCUT2D eigenvalue weighted by molar-refractivity contribution is -0.870. The molecule has 554 valence electrons. The number of carbonyl (C=O) groups excluding carboxylic acids is 1. The monoisotopic (exact) mass is 1350 g/mol. The van der Waals surface area contributed by atoms with Crippen molar-refractivity contribution in [2.24, 2.45) is 0 Å². The standard InChI is InChI=1S/C86H159N2O6P/c1-6-8-10-12-14-16-18-20-22-24-26-28-30-32-34-36-38-40-41-42-43-44-45-46-47-48-50-52-54-56-58-60-62-64-66-68-70-72-74-76-78-80-86(90)87-84(83-94-95(91,92)93-82-81-88(3,4)5)85(89)79-77-75-73-71-69-67-65-63-61-59-57-55-53-51-49-39-37-35-33-31-29-27-25-23-21-19-17-15-13-11-9-7-2/h8,10,14,16,20,22,26,28,32,34,38,40,42-43,45-46,84-85,89H,6-7,9,11-13,15,17-19,21,23-25,27,29-31,33,35-37,39,41,44,47-83H2,1-5H3,(H-,87,90,91,92)/b10-8-,16-14-,22-20-,28-26-,34-32-,40-38-,43-42-,46-45-. The largest absolute Gasteiger partial charge is 0.756 e. The van der Waals surface area contributed by atoms with E-state index >= 15 is 0 Å². The number of carbonyl (C=O) groups is 1. The topological polar surface area (TPSA) is 108 Å². The number of hydrogen-bond donors (Lipinski definition) is 2. The first kappa shape index (κ1) is 92.4. The summed E-state index contributed by atoms with van der Waals surface area (Å²) in [5, 5.41) is 14.2. The summed E-state index contributed by atoms with van der Waals surface area (Å²) in [7, 11) is 1.32. The smallest absolute Gasteiger partial charge is 0.268 e. The number of phosphoric ester groups is 1. The molecule has 0 bridgehead atoms. The Hall–Kier alpha value is -2.58. The van der Waals surface area contributed by atoms with Crippen LogP contribution in [0, 0.1) is 0 Å². The fraction of sp³-hybridized carbons (Fsp3) is 0.802. The molecule has 3 atom stereocenters. The zero-order chi connectivity index (χ0) is 69.0. The second-order valence-corrected chi connectivity index (χ2v) is 30.5. The van der Waals surface area contributed by atoms with E-state index in [1.165, 1.54) is 276 Å². The molecule has 0 spiro atoms. The number of rotatable bonds is 76. The van der Waals surface area contributed by atoms with Gasteiger partial charge in [-0.05, 0) is 77.0 Å². The van der Waals surface area contributed by atoms with Crippen LogP contribution in [0.1, 0.15) is 393 Å². The van der Waals surface area contributed by atoms with Crippen molar-refractivity contribution in [1.29, 1.82) is 0 Å². The molecule has 8 nitrogen and oxygen atoms in total. The van der Waals surface area contributed by atoms with Gasteiger partial charge in [-0.25, -0.2) is 0 Å². The number of amides is 1. The third kappa shape index (κ3) is 78.6. The molecule has 3 unspecified atom stereocenters.